The minimum atomic E-state index is -0.0223. The van der Waals surface area contributed by atoms with Gasteiger partial charge in [-0.15, -0.1) is 24.2 Å². The van der Waals surface area contributed by atoms with Gasteiger partial charge in [-0.3, -0.25) is 4.79 Å². The van der Waals surface area contributed by atoms with E-state index in [-0.39, 0.29) is 18.3 Å². The van der Waals surface area contributed by atoms with E-state index >= 15 is 0 Å². The molecule has 4 nitrogen and oxygen atoms in total. The monoisotopic (exact) mass is 366 g/mol. The predicted octanol–water partition coefficient (Wildman–Crippen LogP) is 4.44. The Morgan fingerprint density at radius 2 is 1.92 bits per heavy atom. The molecule has 3 N–H and O–H groups in total. The number of carbonyl (C=O) groups excluding carboxylic acids is 1. The number of aryl methyl sites for hydroxylation is 2. The number of anilines is 2. The Morgan fingerprint density at radius 1 is 1.17 bits per heavy atom. The predicted molar refractivity (Wildman–Crippen MR) is 105 cm³/mol. The van der Waals surface area contributed by atoms with E-state index in [1.165, 1.54) is 16.0 Å². The molecule has 0 aliphatic carbocycles. The third-order valence-electron chi connectivity index (χ3n) is 3.59. The summed E-state index contributed by atoms with van der Waals surface area (Å²) in [6.07, 6.45) is 0.448. The lowest BCUT2D eigenvalue weighted by Gasteiger charge is -2.09. The Labute approximate surface area is 153 Å². The summed E-state index contributed by atoms with van der Waals surface area (Å²) < 4.78 is 5.10. The summed E-state index contributed by atoms with van der Waals surface area (Å²) in [7, 11) is 1.56. The molecule has 0 radical (unpaired) electrons. The van der Waals surface area contributed by atoms with Crippen LogP contribution in [0.4, 0.5) is 11.4 Å². The van der Waals surface area contributed by atoms with Gasteiger partial charge in [0, 0.05) is 22.8 Å². The van der Waals surface area contributed by atoms with E-state index in [2.05, 4.69) is 37.4 Å². The second kappa shape index (κ2) is 9.45. The van der Waals surface area contributed by atoms with E-state index < -0.39 is 0 Å². The first-order valence-corrected chi connectivity index (χ1v) is 8.41. The maximum Gasteiger partial charge on any atom is 0.225 e. The lowest BCUT2D eigenvalue weighted by atomic mass is 10.1. The van der Waals surface area contributed by atoms with Crippen molar-refractivity contribution >= 4 is 41.5 Å². The Hall–Kier alpha value is -1.85. The fourth-order valence-electron chi connectivity index (χ4n) is 2.10. The van der Waals surface area contributed by atoms with E-state index in [0.29, 0.717) is 23.5 Å². The zero-order chi connectivity index (χ0) is 16.8. The van der Waals surface area contributed by atoms with Gasteiger partial charge >= 0.3 is 0 Å². The summed E-state index contributed by atoms with van der Waals surface area (Å²) >= 11 is 1.69. The Kier molecular flexibility index (Phi) is 7.95. The van der Waals surface area contributed by atoms with Crippen molar-refractivity contribution in [2.24, 2.45) is 0 Å². The van der Waals surface area contributed by atoms with Gasteiger partial charge in [0.1, 0.15) is 5.75 Å². The summed E-state index contributed by atoms with van der Waals surface area (Å²) in [4.78, 5) is 13.2. The van der Waals surface area contributed by atoms with Gasteiger partial charge in [0.05, 0.1) is 12.8 Å². The minimum Gasteiger partial charge on any atom is -0.495 e. The molecule has 0 unspecified atom stereocenters. The number of thioether (sulfide) groups is 1. The summed E-state index contributed by atoms with van der Waals surface area (Å²) in [5, 5.41) is 2.85. The summed E-state index contributed by atoms with van der Waals surface area (Å²) in [5.74, 6) is 1.32. The van der Waals surface area contributed by atoms with Crippen molar-refractivity contribution in [1.29, 1.82) is 0 Å². The third-order valence-corrected chi connectivity index (χ3v) is 4.59. The van der Waals surface area contributed by atoms with Crippen LogP contribution in [0, 0.1) is 13.8 Å². The molecule has 0 heterocycles. The number of amides is 1. The molecule has 0 aliphatic heterocycles. The number of nitrogen functional groups attached to an aromatic ring is 1. The smallest absolute Gasteiger partial charge is 0.225 e. The molecule has 0 spiro atoms. The number of nitrogens with one attached hydrogen (secondary N) is 1. The molecule has 2 rings (SSSR count). The van der Waals surface area contributed by atoms with Gasteiger partial charge in [-0.1, -0.05) is 6.07 Å². The van der Waals surface area contributed by atoms with Crippen LogP contribution in [0.2, 0.25) is 0 Å². The number of hydrogen-bond acceptors (Lipinski definition) is 4. The van der Waals surface area contributed by atoms with Crippen LogP contribution < -0.4 is 15.8 Å². The number of rotatable bonds is 6. The number of nitrogens with two attached hydrogens (primary N) is 1. The normalized spacial score (nSPS) is 9.96. The molecule has 2 aromatic carbocycles. The van der Waals surface area contributed by atoms with Crippen molar-refractivity contribution in [3.63, 3.8) is 0 Å². The SMILES string of the molecule is COc1ccc(NC(=O)CCSc2ccc(C)c(C)c2)cc1N.Cl. The number of methoxy groups -OCH3 is 1. The molecular weight excluding hydrogens is 344 g/mol. The molecule has 2 aromatic rings. The van der Waals surface area contributed by atoms with Gasteiger partial charge in [-0.2, -0.15) is 0 Å². The highest BCUT2D eigenvalue weighted by Crippen LogP contribution is 2.25. The quantitative estimate of drug-likeness (QED) is 0.586. The Morgan fingerprint density at radius 3 is 2.54 bits per heavy atom. The highest BCUT2D eigenvalue weighted by Gasteiger charge is 2.06. The standard InChI is InChI=1S/C18H22N2O2S.ClH/c1-12-4-6-15(10-13(12)2)23-9-8-18(21)20-14-5-7-17(22-3)16(19)11-14;/h4-7,10-11H,8-9,19H2,1-3H3,(H,20,21);1H. The number of benzene rings is 2. The Balaban J connectivity index is 0.00000288. The zero-order valence-electron chi connectivity index (χ0n) is 14.1. The molecule has 0 bridgehead atoms. The van der Waals surface area contributed by atoms with Gasteiger partial charge < -0.3 is 15.8 Å². The average molecular weight is 367 g/mol. The van der Waals surface area contributed by atoms with E-state index in [1.807, 2.05) is 0 Å². The summed E-state index contributed by atoms with van der Waals surface area (Å²) in [6, 6.07) is 11.6. The number of carbonyl (C=O) groups is 1. The van der Waals surface area contributed by atoms with Crippen molar-refractivity contribution in [3.05, 3.63) is 47.5 Å². The maximum absolute atomic E-state index is 12.0. The van der Waals surface area contributed by atoms with Crippen LogP contribution in [0.25, 0.3) is 0 Å². The molecular formula is C18H23ClN2O2S. The first-order valence-electron chi connectivity index (χ1n) is 7.43. The summed E-state index contributed by atoms with van der Waals surface area (Å²) in [6.45, 7) is 4.19. The van der Waals surface area contributed by atoms with E-state index in [9.17, 15) is 4.79 Å². The van der Waals surface area contributed by atoms with Gasteiger partial charge in [0.2, 0.25) is 5.91 Å². The average Bonchev–Trinajstić information content (AvgIpc) is 2.51. The molecule has 0 atom stereocenters. The largest absolute Gasteiger partial charge is 0.495 e. The van der Waals surface area contributed by atoms with Crippen LogP contribution in [-0.4, -0.2) is 18.8 Å². The second-order valence-electron chi connectivity index (χ2n) is 5.35. The van der Waals surface area contributed by atoms with E-state index in [1.54, 1.807) is 37.1 Å². The lowest BCUT2D eigenvalue weighted by Crippen LogP contribution is -2.12. The highest BCUT2D eigenvalue weighted by atomic mass is 35.5. The van der Waals surface area contributed by atoms with Gasteiger partial charge in [0.25, 0.3) is 0 Å². The highest BCUT2D eigenvalue weighted by molar-refractivity contribution is 7.99. The maximum atomic E-state index is 12.0. The number of ether oxygens (including phenoxy) is 1. The first kappa shape index (κ1) is 20.2. The topological polar surface area (TPSA) is 64.3 Å². The molecule has 0 saturated carbocycles. The van der Waals surface area contributed by atoms with Crippen LogP contribution in [0.1, 0.15) is 17.5 Å². The van der Waals surface area contributed by atoms with Crippen molar-refractivity contribution in [2.45, 2.75) is 25.2 Å². The second-order valence-corrected chi connectivity index (χ2v) is 6.52. The molecule has 0 aromatic heterocycles. The van der Waals surface area contributed by atoms with E-state index in [4.69, 9.17) is 10.5 Å². The minimum absolute atomic E-state index is 0. The van der Waals surface area contributed by atoms with Crippen molar-refractivity contribution in [3.8, 4) is 5.75 Å². The molecule has 6 heteroatoms. The van der Waals surface area contributed by atoms with Gasteiger partial charge in [0.15, 0.2) is 0 Å². The van der Waals surface area contributed by atoms with Crippen LogP contribution in [0.5, 0.6) is 5.75 Å². The van der Waals surface area contributed by atoms with Crippen LogP contribution in [0.15, 0.2) is 41.3 Å². The Bertz CT molecular complexity index is 707. The molecule has 0 fully saturated rings. The van der Waals surface area contributed by atoms with Crippen molar-refractivity contribution in [1.82, 2.24) is 0 Å². The molecule has 0 saturated heterocycles. The fourth-order valence-corrected chi connectivity index (χ4v) is 3.05. The number of hydrogen-bond donors (Lipinski definition) is 2. The molecule has 0 aliphatic rings. The van der Waals surface area contributed by atoms with Crippen LogP contribution in [-0.2, 0) is 4.79 Å². The fraction of sp³-hybridized carbons (Fsp3) is 0.278. The lowest BCUT2D eigenvalue weighted by molar-refractivity contribution is -0.115. The number of halogens is 1. The van der Waals surface area contributed by atoms with Crippen molar-refractivity contribution < 1.29 is 9.53 Å². The first-order chi connectivity index (χ1) is 11.0. The molecule has 1 amide bonds. The van der Waals surface area contributed by atoms with Gasteiger partial charge in [-0.25, -0.2) is 0 Å². The van der Waals surface area contributed by atoms with E-state index in [0.717, 1.165) is 5.75 Å². The summed E-state index contributed by atoms with van der Waals surface area (Å²) in [5.41, 5.74) is 9.58. The zero-order valence-corrected chi connectivity index (χ0v) is 15.7. The van der Waals surface area contributed by atoms with Crippen molar-refractivity contribution in [2.75, 3.05) is 23.9 Å². The third kappa shape index (κ3) is 5.65. The molecule has 24 heavy (non-hydrogen) atoms. The molecule has 130 valence electrons. The van der Waals surface area contributed by atoms with Crippen LogP contribution >= 0.6 is 24.2 Å². The van der Waals surface area contributed by atoms with Gasteiger partial charge in [-0.05, 0) is 55.3 Å². The van der Waals surface area contributed by atoms with Crippen LogP contribution in [0.3, 0.4) is 0 Å².